The summed E-state index contributed by atoms with van der Waals surface area (Å²) in [6.45, 7) is 4.28. The first kappa shape index (κ1) is 19.7. The zero-order chi connectivity index (χ0) is 22.1. The van der Waals surface area contributed by atoms with E-state index >= 15 is 0 Å². The zero-order valence-electron chi connectivity index (χ0n) is 17.8. The first-order valence-electron chi connectivity index (χ1n) is 10.4. The molecule has 0 saturated carbocycles. The van der Waals surface area contributed by atoms with Crippen LogP contribution in [0.25, 0.3) is 22.5 Å². The first-order chi connectivity index (χ1) is 15.6. The van der Waals surface area contributed by atoms with Gasteiger partial charge < -0.3 is 9.72 Å². The smallest absolute Gasteiger partial charge is 0.276 e. The number of amides is 1. The minimum atomic E-state index is -0.246. The van der Waals surface area contributed by atoms with Gasteiger partial charge in [0.25, 0.3) is 5.91 Å². The fraction of sp³-hybridized carbons (Fsp3) is 0.120. The van der Waals surface area contributed by atoms with E-state index in [1.54, 1.807) is 29.3 Å². The normalized spacial score (nSPS) is 11.2. The van der Waals surface area contributed by atoms with Crippen molar-refractivity contribution in [2.24, 2.45) is 0 Å². The van der Waals surface area contributed by atoms with Gasteiger partial charge in [-0.05, 0) is 47.9 Å². The van der Waals surface area contributed by atoms with Gasteiger partial charge in [0.2, 0.25) is 0 Å². The maximum absolute atomic E-state index is 12.7. The van der Waals surface area contributed by atoms with Crippen molar-refractivity contribution >= 4 is 17.1 Å². The van der Waals surface area contributed by atoms with Crippen LogP contribution in [0.1, 0.15) is 35.8 Å². The van der Waals surface area contributed by atoms with E-state index in [0.29, 0.717) is 11.6 Å². The molecule has 1 amide bonds. The van der Waals surface area contributed by atoms with Gasteiger partial charge in [0.05, 0.1) is 0 Å². The number of carbonyl (C=O) groups excluding carboxylic acids is 1. The topological polar surface area (TPSA) is 77.1 Å². The molecule has 0 saturated heterocycles. The number of nitrogens with zero attached hydrogens (tertiary/aromatic N) is 5. The average molecular weight is 422 g/mol. The lowest BCUT2D eigenvalue weighted by Gasteiger charge is -2.08. The summed E-state index contributed by atoms with van der Waals surface area (Å²) in [5.74, 6) is 1.03. The van der Waals surface area contributed by atoms with Crippen LogP contribution < -0.4 is 5.32 Å². The molecule has 4 aromatic heterocycles. The van der Waals surface area contributed by atoms with Gasteiger partial charge in [-0.2, -0.15) is 5.10 Å². The molecule has 1 N–H and O–H groups in total. The number of pyridine rings is 1. The molecule has 0 unspecified atom stereocenters. The number of benzene rings is 1. The third-order valence-corrected chi connectivity index (χ3v) is 5.42. The number of hydrogen-bond donors (Lipinski definition) is 1. The Balaban J connectivity index is 1.41. The van der Waals surface area contributed by atoms with E-state index < -0.39 is 0 Å². The summed E-state index contributed by atoms with van der Waals surface area (Å²) in [7, 11) is 0. The average Bonchev–Trinajstić information content (AvgIpc) is 3.47. The number of anilines is 1. The molecule has 5 rings (SSSR count). The van der Waals surface area contributed by atoms with Gasteiger partial charge in [0, 0.05) is 47.1 Å². The van der Waals surface area contributed by atoms with E-state index in [2.05, 4.69) is 34.2 Å². The number of carbonyl (C=O) groups is 1. The van der Waals surface area contributed by atoms with Gasteiger partial charge >= 0.3 is 0 Å². The highest BCUT2D eigenvalue weighted by atomic mass is 16.1. The van der Waals surface area contributed by atoms with Crippen LogP contribution in [0.3, 0.4) is 0 Å². The lowest BCUT2D eigenvalue weighted by atomic mass is 10.0. The maximum atomic E-state index is 12.7. The Bertz CT molecular complexity index is 1380. The van der Waals surface area contributed by atoms with Crippen LogP contribution in [0.4, 0.5) is 5.69 Å². The molecular weight excluding hydrogens is 400 g/mol. The zero-order valence-corrected chi connectivity index (χ0v) is 17.8. The van der Waals surface area contributed by atoms with Gasteiger partial charge in [0.15, 0.2) is 5.69 Å². The molecule has 0 aliphatic rings. The maximum Gasteiger partial charge on any atom is 0.276 e. The summed E-state index contributed by atoms with van der Waals surface area (Å²) in [6, 6.07) is 17.7. The lowest BCUT2D eigenvalue weighted by Crippen LogP contribution is -2.13. The standard InChI is InChI=1S/C25H22N6O/c1-17(2)18-3-6-21(7-4-18)28-25(32)23-11-12-31(29-23)24-10-9-22-8-5-19(15-30(22)24)20-13-26-16-27-14-20/h3-17H,1-2H3,(H,28,32). The molecule has 7 nitrogen and oxygen atoms in total. The molecular formula is C25H22N6O. The summed E-state index contributed by atoms with van der Waals surface area (Å²) in [5, 5.41) is 7.42. The number of nitrogens with one attached hydrogen (secondary N) is 1. The molecule has 5 aromatic rings. The third kappa shape index (κ3) is 3.76. The predicted molar refractivity (Wildman–Crippen MR) is 124 cm³/mol. The lowest BCUT2D eigenvalue weighted by molar-refractivity contribution is 0.102. The van der Waals surface area contributed by atoms with Crippen LogP contribution in [0.2, 0.25) is 0 Å². The molecule has 0 aliphatic heterocycles. The summed E-state index contributed by atoms with van der Waals surface area (Å²) in [6.07, 6.45) is 8.87. The summed E-state index contributed by atoms with van der Waals surface area (Å²) < 4.78 is 3.73. The van der Waals surface area contributed by atoms with Crippen LogP contribution in [0.5, 0.6) is 0 Å². The second-order valence-electron chi connectivity index (χ2n) is 7.91. The highest BCUT2D eigenvalue weighted by Gasteiger charge is 2.13. The summed E-state index contributed by atoms with van der Waals surface area (Å²) in [5.41, 5.74) is 5.27. The second-order valence-corrected chi connectivity index (χ2v) is 7.91. The Morgan fingerprint density at radius 2 is 1.66 bits per heavy atom. The highest BCUT2D eigenvalue weighted by Crippen LogP contribution is 2.22. The Morgan fingerprint density at radius 3 is 2.41 bits per heavy atom. The highest BCUT2D eigenvalue weighted by molar-refractivity contribution is 6.02. The van der Waals surface area contributed by atoms with Crippen LogP contribution in [0, 0.1) is 0 Å². The Morgan fingerprint density at radius 1 is 0.906 bits per heavy atom. The quantitative estimate of drug-likeness (QED) is 0.434. The number of fused-ring (bicyclic) bond motifs is 1. The molecule has 0 bridgehead atoms. The molecule has 0 spiro atoms. The minimum Gasteiger partial charge on any atom is -0.321 e. The van der Waals surface area contributed by atoms with Gasteiger partial charge in [-0.15, -0.1) is 0 Å². The molecule has 1 aromatic carbocycles. The fourth-order valence-corrected chi connectivity index (χ4v) is 3.61. The minimum absolute atomic E-state index is 0.246. The molecule has 0 radical (unpaired) electrons. The van der Waals surface area contributed by atoms with Crippen molar-refractivity contribution in [3.8, 4) is 16.9 Å². The molecule has 0 fully saturated rings. The largest absolute Gasteiger partial charge is 0.321 e. The van der Waals surface area contributed by atoms with E-state index in [0.717, 1.165) is 28.1 Å². The van der Waals surface area contributed by atoms with Crippen LogP contribution >= 0.6 is 0 Å². The van der Waals surface area contributed by atoms with Crippen molar-refractivity contribution < 1.29 is 4.79 Å². The number of hydrogen-bond acceptors (Lipinski definition) is 4. The van der Waals surface area contributed by atoms with Gasteiger partial charge in [0.1, 0.15) is 12.1 Å². The predicted octanol–water partition coefficient (Wildman–Crippen LogP) is 4.96. The Labute approximate surface area is 185 Å². The molecule has 4 heterocycles. The van der Waals surface area contributed by atoms with E-state index in [1.807, 2.05) is 59.1 Å². The first-order valence-corrected chi connectivity index (χ1v) is 10.4. The summed E-state index contributed by atoms with van der Waals surface area (Å²) in [4.78, 5) is 20.9. The van der Waals surface area contributed by atoms with Crippen LogP contribution in [-0.4, -0.2) is 30.1 Å². The van der Waals surface area contributed by atoms with Gasteiger partial charge in [-0.1, -0.05) is 32.0 Å². The van der Waals surface area contributed by atoms with E-state index in [4.69, 9.17) is 0 Å². The monoisotopic (exact) mass is 422 g/mol. The number of rotatable bonds is 5. The molecule has 0 atom stereocenters. The Hall–Kier alpha value is -4.26. The fourth-order valence-electron chi connectivity index (χ4n) is 3.61. The van der Waals surface area contributed by atoms with Crippen molar-refractivity contribution in [3.63, 3.8) is 0 Å². The van der Waals surface area contributed by atoms with Crippen molar-refractivity contribution in [2.45, 2.75) is 19.8 Å². The molecule has 0 aliphatic carbocycles. The molecule has 158 valence electrons. The van der Waals surface area contributed by atoms with E-state index in [1.165, 1.54) is 11.9 Å². The second kappa shape index (κ2) is 8.11. The van der Waals surface area contributed by atoms with Crippen LogP contribution in [0.15, 0.2) is 85.7 Å². The van der Waals surface area contributed by atoms with Gasteiger partial charge in [-0.25, -0.2) is 14.6 Å². The van der Waals surface area contributed by atoms with Crippen molar-refractivity contribution in [3.05, 3.63) is 97.0 Å². The molecule has 7 heteroatoms. The third-order valence-electron chi connectivity index (χ3n) is 5.42. The summed E-state index contributed by atoms with van der Waals surface area (Å²) >= 11 is 0. The van der Waals surface area contributed by atoms with Gasteiger partial charge in [-0.3, -0.25) is 4.79 Å². The van der Waals surface area contributed by atoms with Crippen molar-refractivity contribution in [1.29, 1.82) is 0 Å². The van der Waals surface area contributed by atoms with Crippen molar-refractivity contribution in [2.75, 3.05) is 5.32 Å². The Kier molecular flexibility index (Phi) is 4.99. The molecule has 32 heavy (non-hydrogen) atoms. The van der Waals surface area contributed by atoms with E-state index in [-0.39, 0.29) is 5.91 Å². The SMILES string of the molecule is CC(C)c1ccc(NC(=O)c2ccn(-c3ccc4ccc(-c5cncnc5)cn34)n2)cc1. The number of aromatic nitrogens is 5. The van der Waals surface area contributed by atoms with Crippen molar-refractivity contribution in [1.82, 2.24) is 24.1 Å². The van der Waals surface area contributed by atoms with Crippen LogP contribution in [-0.2, 0) is 0 Å². The van der Waals surface area contributed by atoms with E-state index in [9.17, 15) is 4.79 Å².